The fourth-order valence-electron chi connectivity index (χ4n) is 4.67. The summed E-state index contributed by atoms with van der Waals surface area (Å²) in [6, 6.07) is 16.7. The first-order valence-electron chi connectivity index (χ1n) is 12.9. The maximum atomic E-state index is 13.0. The Hall–Kier alpha value is -4.52. The van der Waals surface area contributed by atoms with Crippen LogP contribution in [0.2, 0.25) is 0 Å². The number of hydrogen-bond donors (Lipinski definition) is 1. The van der Waals surface area contributed by atoms with E-state index in [9.17, 15) is 26.4 Å². The summed E-state index contributed by atoms with van der Waals surface area (Å²) in [5.74, 6) is 0.436. The number of sulfonamides is 1. The molecule has 0 fully saturated rings. The van der Waals surface area contributed by atoms with Crippen molar-refractivity contribution in [2.24, 2.45) is 0 Å². The number of benzene rings is 2. The van der Waals surface area contributed by atoms with Crippen molar-refractivity contribution >= 4 is 43.7 Å². The first-order valence-corrected chi connectivity index (χ1v) is 14.4. The van der Waals surface area contributed by atoms with Gasteiger partial charge in [0.25, 0.3) is 0 Å². The van der Waals surface area contributed by atoms with E-state index < -0.39 is 15.5 Å². The Balaban J connectivity index is 1.48. The molecular weight excluding hydrogens is 571 g/mol. The second kappa shape index (κ2) is 11.0. The smallest absolute Gasteiger partial charge is 0.461 e. The van der Waals surface area contributed by atoms with Crippen LogP contribution >= 0.6 is 0 Å². The lowest BCUT2D eigenvalue weighted by Crippen LogP contribution is -2.30. The highest BCUT2D eigenvalue weighted by Gasteiger charge is 2.46. The van der Waals surface area contributed by atoms with E-state index in [0.717, 1.165) is 28.0 Å². The first kappa shape index (κ1) is 29.0. The van der Waals surface area contributed by atoms with E-state index in [1.54, 1.807) is 29.0 Å². The van der Waals surface area contributed by atoms with Gasteiger partial charge in [-0.2, -0.15) is 21.6 Å². The van der Waals surface area contributed by atoms with Gasteiger partial charge in [0.05, 0.1) is 23.4 Å². The Bertz CT molecular complexity index is 1940. The van der Waals surface area contributed by atoms with Crippen molar-refractivity contribution in [3.05, 3.63) is 83.3 Å². The topological polar surface area (TPSA) is 116 Å². The Labute approximate surface area is 239 Å². The van der Waals surface area contributed by atoms with E-state index in [1.807, 2.05) is 36.6 Å². The molecule has 0 atom stereocenters. The van der Waals surface area contributed by atoms with Crippen LogP contribution in [-0.2, 0) is 39.1 Å². The number of halogens is 3. The summed E-state index contributed by atoms with van der Waals surface area (Å²) in [6.07, 6.45) is 0.651. The molecule has 5 rings (SSSR count). The average molecular weight is 598 g/mol. The van der Waals surface area contributed by atoms with Gasteiger partial charge in [0.1, 0.15) is 17.9 Å². The zero-order valence-corrected chi connectivity index (χ0v) is 23.7. The van der Waals surface area contributed by atoms with Crippen molar-refractivity contribution in [1.82, 2.24) is 19.5 Å². The normalized spacial score (nSPS) is 12.1. The maximum Gasteiger partial charge on any atom is 0.516 e. The van der Waals surface area contributed by atoms with Gasteiger partial charge in [-0.05, 0) is 42.8 Å². The van der Waals surface area contributed by atoms with Crippen LogP contribution in [0.15, 0.2) is 60.7 Å². The van der Waals surface area contributed by atoms with Gasteiger partial charge in [-0.25, -0.2) is 15.0 Å². The number of carbonyl (C=O) groups is 1. The summed E-state index contributed by atoms with van der Waals surface area (Å²) < 4.78 is 71.2. The summed E-state index contributed by atoms with van der Waals surface area (Å²) in [5.41, 5.74) is -0.758. The van der Waals surface area contributed by atoms with Gasteiger partial charge in [0.2, 0.25) is 0 Å². The molecule has 0 spiro atoms. The molecule has 5 aromatic rings. The predicted octanol–water partition coefficient (Wildman–Crippen LogP) is 5.89. The molecule has 13 heteroatoms. The minimum Gasteiger partial charge on any atom is -0.461 e. The van der Waals surface area contributed by atoms with Crippen molar-refractivity contribution in [3.8, 4) is 11.3 Å². The van der Waals surface area contributed by atoms with Crippen LogP contribution in [0.4, 0.5) is 18.9 Å². The van der Waals surface area contributed by atoms with Gasteiger partial charge in [-0.3, -0.25) is 9.52 Å². The molecule has 0 unspecified atom stereocenters. The summed E-state index contributed by atoms with van der Waals surface area (Å²) >= 11 is 0. The van der Waals surface area contributed by atoms with Crippen LogP contribution in [-0.4, -0.2) is 39.4 Å². The van der Waals surface area contributed by atoms with Gasteiger partial charge < -0.3 is 9.30 Å². The number of aryl methyl sites for hydroxylation is 2. The zero-order valence-electron chi connectivity index (χ0n) is 22.9. The van der Waals surface area contributed by atoms with Crippen molar-refractivity contribution in [3.63, 3.8) is 0 Å². The molecule has 3 aromatic heterocycles. The van der Waals surface area contributed by atoms with Crippen LogP contribution in [0.5, 0.6) is 0 Å². The fourth-order valence-corrected chi connectivity index (χ4v) is 5.25. The first-order chi connectivity index (χ1) is 19.9. The maximum absolute atomic E-state index is 13.0. The molecule has 0 radical (unpaired) electrons. The molecule has 0 bridgehead atoms. The third-order valence-electron chi connectivity index (χ3n) is 6.58. The SMILES string of the molecule is CCc1nc2c(COC(C)=O)cc(C)nc2n1Cc1ccc2nc(-c3ccccc3NS(=O)(=O)C(F)(F)F)ccc2c1. The largest absolute Gasteiger partial charge is 0.516 e. The third-order valence-corrected chi connectivity index (χ3v) is 7.68. The standard InChI is InChI=1S/C29H26F3N5O4S/c1-4-26-35-27-21(16-41-18(3)38)13-17(2)33-28(27)37(26)15-19-9-11-23-20(14-19)10-12-24(34-23)22-7-5-6-8-25(22)36-42(39,40)29(30,31)32/h5-14,36H,4,15-16H2,1-3H3. The van der Waals surface area contributed by atoms with E-state index >= 15 is 0 Å². The minimum absolute atomic E-state index is 0.0973. The number of pyridine rings is 2. The number of esters is 1. The molecule has 0 aliphatic carbocycles. The number of nitrogens with one attached hydrogen (secondary N) is 1. The van der Waals surface area contributed by atoms with Gasteiger partial charge in [-0.15, -0.1) is 0 Å². The second-order valence-corrected chi connectivity index (χ2v) is 11.3. The Morgan fingerprint density at radius 2 is 1.79 bits per heavy atom. The van der Waals surface area contributed by atoms with E-state index in [1.165, 1.54) is 25.1 Å². The summed E-state index contributed by atoms with van der Waals surface area (Å²) in [4.78, 5) is 25.5. The number of rotatable bonds is 8. The number of anilines is 1. The second-order valence-electron chi connectivity index (χ2n) is 9.66. The average Bonchev–Trinajstić information content (AvgIpc) is 3.28. The van der Waals surface area contributed by atoms with Crippen LogP contribution in [0.25, 0.3) is 33.3 Å². The predicted molar refractivity (Wildman–Crippen MR) is 152 cm³/mol. The highest BCUT2D eigenvalue weighted by atomic mass is 32.2. The van der Waals surface area contributed by atoms with Crippen LogP contribution in [0.3, 0.4) is 0 Å². The van der Waals surface area contributed by atoms with Gasteiger partial charge in [0, 0.05) is 35.6 Å². The van der Waals surface area contributed by atoms with Crippen LogP contribution < -0.4 is 4.72 Å². The molecule has 9 nitrogen and oxygen atoms in total. The van der Waals surface area contributed by atoms with E-state index in [0.29, 0.717) is 35.3 Å². The molecule has 0 aliphatic heterocycles. The van der Waals surface area contributed by atoms with Crippen molar-refractivity contribution in [2.45, 2.75) is 45.9 Å². The highest BCUT2D eigenvalue weighted by molar-refractivity contribution is 7.93. The number of aromatic nitrogens is 4. The molecular formula is C29H26F3N5O4S. The van der Waals surface area contributed by atoms with E-state index in [-0.39, 0.29) is 23.8 Å². The lowest BCUT2D eigenvalue weighted by Gasteiger charge is -2.14. The molecule has 0 amide bonds. The number of alkyl halides is 3. The van der Waals surface area contributed by atoms with Crippen molar-refractivity contribution in [2.75, 3.05) is 4.72 Å². The molecule has 218 valence electrons. The van der Waals surface area contributed by atoms with Crippen molar-refractivity contribution < 1.29 is 31.1 Å². The quantitative estimate of drug-likeness (QED) is 0.222. The molecule has 1 N–H and O–H groups in total. The van der Waals surface area contributed by atoms with Crippen LogP contribution in [0, 0.1) is 6.92 Å². The molecule has 2 aromatic carbocycles. The minimum atomic E-state index is -5.60. The molecule has 3 heterocycles. The number of nitrogens with zero attached hydrogens (tertiary/aromatic N) is 4. The van der Waals surface area contributed by atoms with Crippen molar-refractivity contribution in [1.29, 1.82) is 0 Å². The highest BCUT2D eigenvalue weighted by Crippen LogP contribution is 2.32. The Morgan fingerprint density at radius 3 is 2.50 bits per heavy atom. The van der Waals surface area contributed by atoms with E-state index in [2.05, 4.69) is 4.98 Å². The number of imidazole rings is 1. The zero-order chi connectivity index (χ0) is 30.2. The van der Waals surface area contributed by atoms with Gasteiger partial charge in [-0.1, -0.05) is 37.3 Å². The molecule has 0 saturated heterocycles. The Morgan fingerprint density at radius 1 is 1.02 bits per heavy atom. The third kappa shape index (κ3) is 5.77. The summed E-state index contributed by atoms with van der Waals surface area (Å²) in [6.45, 7) is 5.77. The monoisotopic (exact) mass is 597 g/mol. The fraction of sp³-hybridized carbons (Fsp3) is 0.241. The number of hydrogen-bond acceptors (Lipinski definition) is 7. The van der Waals surface area contributed by atoms with Crippen LogP contribution in [0.1, 0.15) is 36.5 Å². The number of carbonyl (C=O) groups excluding carboxylic acids is 1. The summed E-state index contributed by atoms with van der Waals surface area (Å²) in [7, 11) is -5.60. The number of ether oxygens (including phenoxy) is 1. The lowest BCUT2D eigenvalue weighted by atomic mass is 10.1. The summed E-state index contributed by atoms with van der Waals surface area (Å²) in [5, 5.41) is 0.784. The number of fused-ring (bicyclic) bond motifs is 2. The van der Waals surface area contributed by atoms with Gasteiger partial charge in [0.15, 0.2) is 5.65 Å². The van der Waals surface area contributed by atoms with E-state index in [4.69, 9.17) is 14.7 Å². The lowest BCUT2D eigenvalue weighted by molar-refractivity contribution is -0.142. The number of para-hydroxylation sites is 1. The van der Waals surface area contributed by atoms with Gasteiger partial charge >= 0.3 is 21.5 Å². The molecule has 0 aliphatic rings. The molecule has 42 heavy (non-hydrogen) atoms. The molecule has 0 saturated carbocycles. The Kier molecular flexibility index (Phi) is 7.62.